The van der Waals surface area contributed by atoms with Gasteiger partial charge in [-0.05, 0) is 6.92 Å². The van der Waals surface area contributed by atoms with Gasteiger partial charge in [0.1, 0.15) is 5.69 Å². The van der Waals surface area contributed by atoms with Crippen LogP contribution in [0.1, 0.15) is 21.5 Å². The van der Waals surface area contributed by atoms with E-state index in [0.29, 0.717) is 5.56 Å². The largest absolute Gasteiger partial charge is 0.288 e. The SMILES string of the molecule is Cc1ccc(-c2n[nH]c3c2C(=O)c2ccccc2-3)cc1. The molecule has 0 amide bonds. The molecule has 0 spiro atoms. The monoisotopic (exact) mass is 260 g/mol. The van der Waals surface area contributed by atoms with Crippen LogP contribution < -0.4 is 0 Å². The fourth-order valence-electron chi connectivity index (χ4n) is 2.71. The highest BCUT2D eigenvalue weighted by Gasteiger charge is 2.32. The number of aryl methyl sites for hydroxylation is 1. The van der Waals surface area contributed by atoms with E-state index in [1.165, 1.54) is 5.56 Å². The number of hydrogen-bond acceptors (Lipinski definition) is 2. The van der Waals surface area contributed by atoms with Crippen LogP contribution in [0.5, 0.6) is 0 Å². The molecule has 0 unspecified atom stereocenters. The molecular formula is C17H12N2O. The Hall–Kier alpha value is -2.68. The third-order valence-corrected chi connectivity index (χ3v) is 3.76. The zero-order valence-corrected chi connectivity index (χ0v) is 11.0. The molecule has 1 aliphatic rings. The molecule has 0 bridgehead atoms. The third-order valence-electron chi connectivity index (χ3n) is 3.76. The van der Waals surface area contributed by atoms with Crippen LogP contribution in [0.3, 0.4) is 0 Å². The first-order valence-corrected chi connectivity index (χ1v) is 6.55. The molecule has 3 aromatic rings. The molecule has 3 nitrogen and oxygen atoms in total. The molecule has 2 aromatic carbocycles. The molecule has 1 aliphatic carbocycles. The third kappa shape index (κ3) is 1.40. The summed E-state index contributed by atoms with van der Waals surface area (Å²) in [6, 6.07) is 15.7. The summed E-state index contributed by atoms with van der Waals surface area (Å²) < 4.78 is 0. The van der Waals surface area contributed by atoms with E-state index in [1.54, 1.807) is 0 Å². The van der Waals surface area contributed by atoms with Gasteiger partial charge in [-0.25, -0.2) is 0 Å². The number of aromatic amines is 1. The Morgan fingerprint density at radius 2 is 1.65 bits per heavy atom. The molecule has 96 valence electrons. The zero-order chi connectivity index (χ0) is 13.7. The number of hydrogen-bond donors (Lipinski definition) is 1. The second kappa shape index (κ2) is 3.90. The second-order valence-electron chi connectivity index (χ2n) is 5.06. The Labute approximate surface area is 116 Å². The Morgan fingerprint density at radius 3 is 2.40 bits per heavy atom. The molecule has 0 saturated carbocycles. The summed E-state index contributed by atoms with van der Waals surface area (Å²) in [5.74, 6) is 0.0555. The maximum Gasteiger partial charge on any atom is 0.198 e. The number of carbonyl (C=O) groups excluding carboxylic acids is 1. The standard InChI is InChI=1S/C17H12N2O/c1-10-6-8-11(9-7-10)15-14-16(19-18-15)12-4-2-3-5-13(12)17(14)20/h2-9H,1H3,(H,18,19). The minimum atomic E-state index is 0.0555. The average Bonchev–Trinajstić information content (AvgIpc) is 3.02. The van der Waals surface area contributed by atoms with Gasteiger partial charge in [-0.1, -0.05) is 54.1 Å². The summed E-state index contributed by atoms with van der Waals surface area (Å²) in [7, 11) is 0. The summed E-state index contributed by atoms with van der Waals surface area (Å²) in [6.07, 6.45) is 0. The minimum absolute atomic E-state index is 0.0555. The van der Waals surface area contributed by atoms with Crippen LogP contribution in [-0.4, -0.2) is 16.0 Å². The van der Waals surface area contributed by atoms with Crippen molar-refractivity contribution in [2.24, 2.45) is 0 Å². The van der Waals surface area contributed by atoms with E-state index in [1.807, 2.05) is 55.5 Å². The van der Waals surface area contributed by atoms with Gasteiger partial charge in [0.05, 0.1) is 11.3 Å². The number of nitrogens with one attached hydrogen (secondary N) is 1. The van der Waals surface area contributed by atoms with Crippen LogP contribution in [0.2, 0.25) is 0 Å². The summed E-state index contributed by atoms with van der Waals surface area (Å²) in [5, 5.41) is 7.36. The highest BCUT2D eigenvalue weighted by molar-refractivity contribution is 6.23. The summed E-state index contributed by atoms with van der Waals surface area (Å²) >= 11 is 0. The van der Waals surface area contributed by atoms with Crippen molar-refractivity contribution in [3.8, 4) is 22.5 Å². The molecule has 1 heterocycles. The molecule has 1 aromatic heterocycles. The van der Waals surface area contributed by atoms with Gasteiger partial charge in [-0.3, -0.25) is 9.89 Å². The highest BCUT2D eigenvalue weighted by atomic mass is 16.1. The molecule has 3 heteroatoms. The van der Waals surface area contributed by atoms with Crippen LogP contribution in [0.25, 0.3) is 22.5 Å². The van der Waals surface area contributed by atoms with E-state index in [9.17, 15) is 4.79 Å². The van der Waals surface area contributed by atoms with Crippen molar-refractivity contribution < 1.29 is 4.79 Å². The van der Waals surface area contributed by atoms with Gasteiger partial charge in [0, 0.05) is 16.7 Å². The molecule has 0 saturated heterocycles. The number of aromatic nitrogens is 2. The van der Waals surface area contributed by atoms with Crippen molar-refractivity contribution in [3.63, 3.8) is 0 Å². The van der Waals surface area contributed by atoms with Crippen LogP contribution in [0.4, 0.5) is 0 Å². The fraction of sp³-hybridized carbons (Fsp3) is 0.0588. The normalized spacial score (nSPS) is 12.3. The number of nitrogens with zero attached hydrogens (tertiary/aromatic N) is 1. The van der Waals surface area contributed by atoms with Crippen LogP contribution in [0.15, 0.2) is 48.5 Å². The topological polar surface area (TPSA) is 45.8 Å². The number of H-pyrrole nitrogens is 1. The molecule has 0 aliphatic heterocycles. The summed E-state index contributed by atoms with van der Waals surface area (Å²) in [4.78, 5) is 12.6. The molecular weight excluding hydrogens is 248 g/mol. The van der Waals surface area contributed by atoms with Crippen LogP contribution >= 0.6 is 0 Å². The molecule has 0 radical (unpaired) electrons. The molecule has 1 N–H and O–H groups in total. The molecule has 0 fully saturated rings. The Bertz CT molecular complexity index is 828. The van der Waals surface area contributed by atoms with E-state index in [2.05, 4.69) is 10.2 Å². The van der Waals surface area contributed by atoms with E-state index in [-0.39, 0.29) is 5.78 Å². The van der Waals surface area contributed by atoms with Gasteiger partial charge in [-0.2, -0.15) is 5.10 Å². The first kappa shape index (κ1) is 11.2. The van der Waals surface area contributed by atoms with Gasteiger partial charge in [0.2, 0.25) is 0 Å². The number of fused-ring (bicyclic) bond motifs is 3. The van der Waals surface area contributed by atoms with Crippen LogP contribution in [0, 0.1) is 6.92 Å². The maximum atomic E-state index is 12.6. The maximum absolute atomic E-state index is 12.6. The van der Waals surface area contributed by atoms with Crippen molar-refractivity contribution in [2.75, 3.05) is 0 Å². The summed E-state index contributed by atoms with van der Waals surface area (Å²) in [6.45, 7) is 2.04. The Balaban J connectivity index is 1.94. The lowest BCUT2D eigenvalue weighted by Crippen LogP contribution is -1.97. The van der Waals surface area contributed by atoms with Gasteiger partial charge in [-0.15, -0.1) is 0 Å². The van der Waals surface area contributed by atoms with Gasteiger partial charge < -0.3 is 0 Å². The fourth-order valence-corrected chi connectivity index (χ4v) is 2.71. The first-order valence-electron chi connectivity index (χ1n) is 6.55. The molecule has 20 heavy (non-hydrogen) atoms. The summed E-state index contributed by atoms with van der Waals surface area (Å²) in [5.41, 5.74) is 6.12. The quantitative estimate of drug-likeness (QED) is 0.568. The predicted octanol–water partition coefficient (Wildman–Crippen LogP) is 3.60. The van der Waals surface area contributed by atoms with E-state index in [0.717, 1.165) is 28.1 Å². The van der Waals surface area contributed by atoms with Crippen molar-refractivity contribution in [3.05, 3.63) is 65.2 Å². The molecule has 4 rings (SSSR count). The lowest BCUT2D eigenvalue weighted by atomic mass is 10.0. The Morgan fingerprint density at radius 1 is 0.950 bits per heavy atom. The first-order chi connectivity index (χ1) is 9.75. The van der Waals surface area contributed by atoms with Gasteiger partial charge in [0.15, 0.2) is 5.78 Å². The number of ketones is 1. The van der Waals surface area contributed by atoms with Crippen molar-refractivity contribution in [1.82, 2.24) is 10.2 Å². The van der Waals surface area contributed by atoms with Crippen molar-refractivity contribution in [1.29, 1.82) is 0 Å². The minimum Gasteiger partial charge on any atom is -0.288 e. The average molecular weight is 260 g/mol. The lowest BCUT2D eigenvalue weighted by Gasteiger charge is -2.00. The number of benzene rings is 2. The van der Waals surface area contributed by atoms with E-state index < -0.39 is 0 Å². The van der Waals surface area contributed by atoms with Crippen molar-refractivity contribution >= 4 is 5.78 Å². The highest BCUT2D eigenvalue weighted by Crippen LogP contribution is 2.39. The number of rotatable bonds is 1. The number of carbonyl (C=O) groups is 1. The predicted molar refractivity (Wildman–Crippen MR) is 77.6 cm³/mol. The second-order valence-corrected chi connectivity index (χ2v) is 5.06. The van der Waals surface area contributed by atoms with Crippen molar-refractivity contribution in [2.45, 2.75) is 6.92 Å². The molecule has 0 atom stereocenters. The van der Waals surface area contributed by atoms with E-state index in [4.69, 9.17) is 0 Å². The smallest absolute Gasteiger partial charge is 0.198 e. The van der Waals surface area contributed by atoms with E-state index >= 15 is 0 Å². The Kier molecular flexibility index (Phi) is 2.18. The zero-order valence-electron chi connectivity index (χ0n) is 11.0. The van der Waals surface area contributed by atoms with Crippen LogP contribution in [-0.2, 0) is 0 Å². The lowest BCUT2D eigenvalue weighted by molar-refractivity contribution is 0.104. The van der Waals surface area contributed by atoms with Gasteiger partial charge in [0.25, 0.3) is 0 Å². The van der Waals surface area contributed by atoms with Gasteiger partial charge >= 0.3 is 0 Å².